The number of anilines is 2. The highest BCUT2D eigenvalue weighted by atomic mass is 35.5. The van der Waals surface area contributed by atoms with Crippen molar-refractivity contribution in [2.75, 3.05) is 16.8 Å². The lowest BCUT2D eigenvalue weighted by Gasteiger charge is -2.17. The predicted octanol–water partition coefficient (Wildman–Crippen LogP) is 4.58. The molecule has 1 N–H and O–H groups in total. The fourth-order valence-electron chi connectivity index (χ4n) is 3.49. The first-order valence-electron chi connectivity index (χ1n) is 9.18. The van der Waals surface area contributed by atoms with E-state index in [1.165, 1.54) is 11.3 Å². The molecule has 1 atom stereocenters. The van der Waals surface area contributed by atoms with Crippen LogP contribution in [0.15, 0.2) is 42.5 Å². The van der Waals surface area contributed by atoms with Gasteiger partial charge < -0.3 is 4.90 Å². The van der Waals surface area contributed by atoms with Gasteiger partial charge in [-0.1, -0.05) is 41.1 Å². The molecule has 6 nitrogen and oxygen atoms in total. The number of aryl methyl sites for hydroxylation is 2. The fourth-order valence-corrected chi connectivity index (χ4v) is 4.54. The Balaban J connectivity index is 1.48. The standard InChI is InChI=1S/C21H19ClN4O2S/c1-12-7-13(2)9-15(8-12)26-11-14(10-18(26)27)20-24-25-21(29-20)23-19(28)16-5-3-4-6-17(16)22/h3-9,14H,10-11H2,1-2H3,(H,23,25,28). The number of carbonyl (C=O) groups excluding carboxylic acids is 2. The van der Waals surface area contributed by atoms with Gasteiger partial charge >= 0.3 is 0 Å². The smallest absolute Gasteiger partial charge is 0.259 e. The molecule has 0 radical (unpaired) electrons. The van der Waals surface area contributed by atoms with E-state index in [1.54, 1.807) is 29.2 Å². The summed E-state index contributed by atoms with van der Waals surface area (Å²) in [6, 6.07) is 12.9. The summed E-state index contributed by atoms with van der Waals surface area (Å²) < 4.78 is 0. The molecule has 1 fully saturated rings. The molecule has 1 saturated heterocycles. The molecule has 2 aromatic carbocycles. The van der Waals surface area contributed by atoms with Gasteiger partial charge in [0.25, 0.3) is 5.91 Å². The number of aromatic nitrogens is 2. The monoisotopic (exact) mass is 426 g/mol. The maximum Gasteiger partial charge on any atom is 0.259 e. The Morgan fingerprint density at radius 2 is 1.90 bits per heavy atom. The molecule has 2 amide bonds. The van der Waals surface area contributed by atoms with E-state index in [0.29, 0.717) is 28.7 Å². The Hall–Kier alpha value is -2.77. The second kappa shape index (κ2) is 7.93. The molecule has 1 aromatic heterocycles. The second-order valence-corrected chi connectivity index (χ2v) is 8.55. The van der Waals surface area contributed by atoms with E-state index in [9.17, 15) is 9.59 Å². The van der Waals surface area contributed by atoms with Crippen LogP contribution < -0.4 is 10.2 Å². The van der Waals surface area contributed by atoms with Crippen LogP contribution in [0, 0.1) is 13.8 Å². The summed E-state index contributed by atoms with van der Waals surface area (Å²) in [6.07, 6.45) is 0.375. The van der Waals surface area contributed by atoms with Gasteiger partial charge in [0.15, 0.2) is 0 Å². The third kappa shape index (κ3) is 4.16. The molecule has 3 aromatic rings. The summed E-state index contributed by atoms with van der Waals surface area (Å²) in [5, 5.41) is 12.5. The van der Waals surface area contributed by atoms with Crippen molar-refractivity contribution in [3.8, 4) is 0 Å². The molecule has 0 bridgehead atoms. The van der Waals surface area contributed by atoms with Crippen LogP contribution in [0.3, 0.4) is 0 Å². The van der Waals surface area contributed by atoms with E-state index in [0.717, 1.165) is 21.8 Å². The average Bonchev–Trinajstić information content (AvgIpc) is 3.27. The lowest BCUT2D eigenvalue weighted by molar-refractivity contribution is -0.117. The Morgan fingerprint density at radius 3 is 2.62 bits per heavy atom. The van der Waals surface area contributed by atoms with Crippen LogP contribution in [-0.2, 0) is 4.79 Å². The highest BCUT2D eigenvalue weighted by Gasteiger charge is 2.34. The summed E-state index contributed by atoms with van der Waals surface area (Å²) in [4.78, 5) is 26.8. The average molecular weight is 427 g/mol. The maximum atomic E-state index is 12.6. The van der Waals surface area contributed by atoms with E-state index in [-0.39, 0.29) is 17.7 Å². The Labute approximate surface area is 177 Å². The van der Waals surface area contributed by atoms with E-state index in [1.807, 2.05) is 26.0 Å². The van der Waals surface area contributed by atoms with Crippen LogP contribution >= 0.6 is 22.9 Å². The first-order valence-corrected chi connectivity index (χ1v) is 10.4. The zero-order chi connectivity index (χ0) is 20.5. The van der Waals surface area contributed by atoms with Crippen molar-refractivity contribution in [3.63, 3.8) is 0 Å². The summed E-state index contributed by atoms with van der Waals surface area (Å²) in [6.45, 7) is 4.59. The van der Waals surface area contributed by atoms with Crippen molar-refractivity contribution < 1.29 is 9.59 Å². The number of hydrogen-bond acceptors (Lipinski definition) is 5. The number of rotatable bonds is 4. The Kier molecular flexibility index (Phi) is 5.34. The van der Waals surface area contributed by atoms with Gasteiger partial charge in [-0.15, -0.1) is 10.2 Å². The highest BCUT2D eigenvalue weighted by Crippen LogP contribution is 2.35. The minimum atomic E-state index is -0.335. The normalized spacial score (nSPS) is 16.3. The maximum absolute atomic E-state index is 12.6. The van der Waals surface area contributed by atoms with Gasteiger partial charge in [0.05, 0.1) is 10.6 Å². The minimum absolute atomic E-state index is 0.0493. The molecule has 1 aliphatic heterocycles. The summed E-state index contributed by atoms with van der Waals surface area (Å²) in [7, 11) is 0. The SMILES string of the molecule is Cc1cc(C)cc(N2CC(c3nnc(NC(=O)c4ccccc4Cl)s3)CC2=O)c1. The van der Waals surface area contributed by atoms with Crippen LogP contribution in [-0.4, -0.2) is 28.6 Å². The molecule has 0 spiro atoms. The molecular weight excluding hydrogens is 408 g/mol. The van der Waals surface area contributed by atoms with Crippen molar-refractivity contribution >= 4 is 45.6 Å². The Bertz CT molecular complexity index is 1080. The lowest BCUT2D eigenvalue weighted by Crippen LogP contribution is -2.24. The van der Waals surface area contributed by atoms with Crippen LogP contribution in [0.2, 0.25) is 5.02 Å². The lowest BCUT2D eigenvalue weighted by atomic mass is 10.1. The van der Waals surface area contributed by atoms with Gasteiger partial charge in [-0.05, 0) is 49.2 Å². The van der Waals surface area contributed by atoms with Crippen LogP contribution in [0.4, 0.5) is 10.8 Å². The van der Waals surface area contributed by atoms with E-state index in [2.05, 4.69) is 21.6 Å². The van der Waals surface area contributed by atoms with Crippen molar-refractivity contribution in [1.82, 2.24) is 10.2 Å². The Morgan fingerprint density at radius 1 is 1.17 bits per heavy atom. The van der Waals surface area contributed by atoms with Crippen LogP contribution in [0.5, 0.6) is 0 Å². The van der Waals surface area contributed by atoms with E-state index in [4.69, 9.17) is 11.6 Å². The van der Waals surface area contributed by atoms with Gasteiger partial charge in [-0.25, -0.2) is 0 Å². The number of nitrogens with zero attached hydrogens (tertiary/aromatic N) is 3. The van der Waals surface area contributed by atoms with Crippen molar-refractivity contribution in [1.29, 1.82) is 0 Å². The van der Waals surface area contributed by atoms with E-state index >= 15 is 0 Å². The summed E-state index contributed by atoms with van der Waals surface area (Å²) in [5.74, 6) is -0.318. The summed E-state index contributed by atoms with van der Waals surface area (Å²) in [5.41, 5.74) is 3.53. The zero-order valence-corrected chi connectivity index (χ0v) is 17.5. The van der Waals surface area contributed by atoms with Crippen LogP contribution in [0.25, 0.3) is 0 Å². The predicted molar refractivity (Wildman–Crippen MR) is 115 cm³/mol. The molecule has 1 aliphatic rings. The van der Waals surface area contributed by atoms with E-state index < -0.39 is 0 Å². The van der Waals surface area contributed by atoms with Gasteiger partial charge in [0.2, 0.25) is 11.0 Å². The number of nitrogens with one attached hydrogen (secondary N) is 1. The summed E-state index contributed by atoms with van der Waals surface area (Å²) >= 11 is 7.36. The number of benzene rings is 2. The van der Waals surface area contributed by atoms with Gasteiger partial charge in [0.1, 0.15) is 5.01 Å². The molecule has 8 heteroatoms. The molecule has 1 unspecified atom stereocenters. The van der Waals surface area contributed by atoms with Crippen molar-refractivity contribution in [3.05, 3.63) is 69.2 Å². The van der Waals surface area contributed by atoms with Gasteiger partial charge in [0, 0.05) is 24.6 Å². The fraction of sp³-hybridized carbons (Fsp3) is 0.238. The topological polar surface area (TPSA) is 75.2 Å². The largest absolute Gasteiger partial charge is 0.312 e. The first-order chi connectivity index (χ1) is 13.9. The quantitative estimate of drug-likeness (QED) is 0.662. The molecule has 2 heterocycles. The number of halogens is 1. The number of carbonyl (C=O) groups is 2. The van der Waals surface area contributed by atoms with Gasteiger partial charge in [-0.2, -0.15) is 0 Å². The molecule has 29 heavy (non-hydrogen) atoms. The molecular formula is C21H19ClN4O2S. The second-order valence-electron chi connectivity index (χ2n) is 7.13. The third-order valence-electron chi connectivity index (χ3n) is 4.77. The van der Waals surface area contributed by atoms with Crippen molar-refractivity contribution in [2.24, 2.45) is 0 Å². The van der Waals surface area contributed by atoms with Gasteiger partial charge in [-0.3, -0.25) is 14.9 Å². The third-order valence-corrected chi connectivity index (χ3v) is 6.10. The van der Waals surface area contributed by atoms with Crippen molar-refractivity contribution in [2.45, 2.75) is 26.2 Å². The molecule has 148 valence electrons. The number of hydrogen-bond donors (Lipinski definition) is 1. The van der Waals surface area contributed by atoms with Crippen LogP contribution in [0.1, 0.15) is 38.8 Å². The molecule has 0 aliphatic carbocycles. The molecule has 4 rings (SSSR count). The first kappa shape index (κ1) is 19.5. The molecule has 0 saturated carbocycles. The minimum Gasteiger partial charge on any atom is -0.312 e. The highest BCUT2D eigenvalue weighted by molar-refractivity contribution is 7.15. The number of amides is 2. The zero-order valence-electron chi connectivity index (χ0n) is 16.0.